The summed E-state index contributed by atoms with van der Waals surface area (Å²) in [7, 11) is 1.40. The van der Waals surface area contributed by atoms with Gasteiger partial charge in [-0.05, 0) is 19.1 Å². The third-order valence-electron chi connectivity index (χ3n) is 2.16. The Balaban J connectivity index is 2.92. The fraction of sp³-hybridized carbons (Fsp3) is 0.273. The largest absolute Gasteiger partial charge is 0.374 e. The molecule has 0 aliphatic carbocycles. The number of aliphatic hydroxyl groups is 1. The van der Waals surface area contributed by atoms with Crippen molar-refractivity contribution in [2.75, 3.05) is 11.9 Å². The molecule has 1 unspecified atom stereocenters. The number of aliphatic hydroxyl groups excluding tert-OH is 1. The van der Waals surface area contributed by atoms with Crippen LogP contribution in [0.4, 0.5) is 10.5 Å². The molecule has 1 radical (unpaired) electrons. The predicted octanol–water partition coefficient (Wildman–Crippen LogP) is 0.950. The molecular formula is C11H13N2O3. The van der Waals surface area contributed by atoms with Gasteiger partial charge in [-0.15, -0.1) is 0 Å². The molecule has 0 fully saturated rings. The second kappa shape index (κ2) is 5.27. The van der Waals surface area contributed by atoms with E-state index in [0.717, 1.165) is 9.80 Å². The smallest absolute Gasteiger partial charge is 0.333 e. The fourth-order valence-corrected chi connectivity index (χ4v) is 1.10. The Morgan fingerprint density at radius 3 is 2.38 bits per heavy atom. The van der Waals surface area contributed by atoms with Gasteiger partial charge < -0.3 is 10.0 Å². The number of rotatable bonds is 3. The van der Waals surface area contributed by atoms with Crippen LogP contribution in [0.25, 0.3) is 0 Å². The highest BCUT2D eigenvalue weighted by Crippen LogP contribution is 2.13. The molecule has 3 amide bonds. The molecule has 0 saturated heterocycles. The van der Waals surface area contributed by atoms with Crippen molar-refractivity contribution in [2.24, 2.45) is 0 Å². The van der Waals surface area contributed by atoms with E-state index in [9.17, 15) is 14.7 Å². The summed E-state index contributed by atoms with van der Waals surface area (Å²) in [6, 6.07) is 7.77. The lowest BCUT2D eigenvalue weighted by molar-refractivity contribution is 0.0657. The summed E-state index contributed by atoms with van der Waals surface area (Å²) in [4.78, 5) is 24.3. The minimum absolute atomic E-state index is 0.412. The first-order valence-corrected chi connectivity index (χ1v) is 4.75. The maximum Gasteiger partial charge on any atom is 0.333 e. The molecule has 1 rings (SSSR count). The van der Waals surface area contributed by atoms with Crippen LogP contribution in [-0.2, 0) is 4.79 Å². The first-order valence-electron chi connectivity index (χ1n) is 4.75. The van der Waals surface area contributed by atoms with E-state index in [1.165, 1.54) is 20.4 Å². The maximum atomic E-state index is 11.7. The van der Waals surface area contributed by atoms with Crippen molar-refractivity contribution in [3.05, 3.63) is 30.3 Å². The lowest BCUT2D eigenvalue weighted by Gasteiger charge is -2.25. The van der Waals surface area contributed by atoms with Crippen molar-refractivity contribution in [1.82, 2.24) is 4.90 Å². The molecule has 16 heavy (non-hydrogen) atoms. The zero-order valence-electron chi connectivity index (χ0n) is 9.12. The van der Waals surface area contributed by atoms with E-state index in [4.69, 9.17) is 0 Å². The Morgan fingerprint density at radius 1 is 1.38 bits per heavy atom. The number of anilines is 1. The van der Waals surface area contributed by atoms with Crippen LogP contribution in [0.5, 0.6) is 0 Å². The molecule has 0 spiro atoms. The molecule has 0 aliphatic rings. The van der Waals surface area contributed by atoms with Crippen molar-refractivity contribution in [2.45, 2.75) is 13.2 Å². The topological polar surface area (TPSA) is 60.9 Å². The lowest BCUT2D eigenvalue weighted by Crippen LogP contribution is -2.44. The van der Waals surface area contributed by atoms with Gasteiger partial charge in [-0.25, -0.2) is 9.69 Å². The number of amides is 3. The Labute approximate surface area is 93.9 Å². The lowest BCUT2D eigenvalue weighted by atomic mass is 10.3. The van der Waals surface area contributed by atoms with E-state index in [1.807, 2.05) is 0 Å². The fourth-order valence-electron chi connectivity index (χ4n) is 1.10. The summed E-state index contributed by atoms with van der Waals surface area (Å²) < 4.78 is 0. The Hall–Kier alpha value is -1.88. The van der Waals surface area contributed by atoms with Crippen LogP contribution in [0, 0.1) is 0 Å². The predicted molar refractivity (Wildman–Crippen MR) is 59.5 cm³/mol. The van der Waals surface area contributed by atoms with E-state index in [2.05, 4.69) is 0 Å². The van der Waals surface area contributed by atoms with Crippen molar-refractivity contribution < 1.29 is 14.7 Å². The average molecular weight is 221 g/mol. The van der Waals surface area contributed by atoms with Crippen LogP contribution in [0.1, 0.15) is 6.92 Å². The molecule has 1 atom stereocenters. The second-order valence-corrected chi connectivity index (χ2v) is 3.29. The Kier molecular flexibility index (Phi) is 4.02. The highest BCUT2D eigenvalue weighted by Gasteiger charge is 2.22. The summed E-state index contributed by atoms with van der Waals surface area (Å²) in [5, 5.41) is 9.23. The minimum atomic E-state index is -0.966. The van der Waals surface area contributed by atoms with Crippen LogP contribution in [0.15, 0.2) is 30.3 Å². The van der Waals surface area contributed by atoms with Crippen molar-refractivity contribution in [1.29, 1.82) is 0 Å². The number of carbonyl (C=O) groups is 1. The van der Waals surface area contributed by atoms with E-state index >= 15 is 0 Å². The third kappa shape index (κ3) is 2.58. The monoisotopic (exact) mass is 221 g/mol. The number of hydrogen-bond donors (Lipinski definition) is 1. The van der Waals surface area contributed by atoms with Gasteiger partial charge in [-0.1, -0.05) is 18.2 Å². The Morgan fingerprint density at radius 2 is 1.94 bits per heavy atom. The molecule has 0 aliphatic heterocycles. The van der Waals surface area contributed by atoms with Gasteiger partial charge >= 0.3 is 12.4 Å². The van der Waals surface area contributed by atoms with Gasteiger partial charge in [0.15, 0.2) is 0 Å². The molecule has 85 valence electrons. The maximum absolute atomic E-state index is 11.7. The minimum Gasteiger partial charge on any atom is -0.374 e. The average Bonchev–Trinajstić information content (AvgIpc) is 2.30. The van der Waals surface area contributed by atoms with Crippen LogP contribution >= 0.6 is 0 Å². The number of benzene rings is 1. The van der Waals surface area contributed by atoms with E-state index in [-0.39, 0.29) is 0 Å². The summed E-state index contributed by atoms with van der Waals surface area (Å²) in [6.45, 7) is 1.44. The van der Waals surface area contributed by atoms with Crippen LogP contribution < -0.4 is 4.90 Å². The highest BCUT2D eigenvalue weighted by molar-refractivity contribution is 6.06. The van der Waals surface area contributed by atoms with Crippen molar-refractivity contribution >= 4 is 18.1 Å². The molecule has 1 N–H and O–H groups in total. The molecule has 0 saturated carbocycles. The quantitative estimate of drug-likeness (QED) is 0.610. The zero-order chi connectivity index (χ0) is 12.1. The van der Waals surface area contributed by atoms with E-state index < -0.39 is 12.3 Å². The van der Waals surface area contributed by atoms with Crippen LogP contribution in [0.2, 0.25) is 0 Å². The standard InChI is InChI=1S/C11H13N2O3/c1-9(15)12(2)11(16)13(8-14)10-6-4-3-5-7-10/h3-7,9,15H,1-2H3. The summed E-state index contributed by atoms with van der Waals surface area (Å²) >= 11 is 0. The summed E-state index contributed by atoms with van der Waals surface area (Å²) in [6.07, 6.45) is 0.569. The third-order valence-corrected chi connectivity index (χ3v) is 2.16. The molecule has 1 aromatic rings. The van der Waals surface area contributed by atoms with Gasteiger partial charge in [0.2, 0.25) is 0 Å². The number of nitrogens with zero attached hydrogens (tertiary/aromatic N) is 2. The molecule has 1 aromatic carbocycles. The van der Waals surface area contributed by atoms with Gasteiger partial charge in [0.1, 0.15) is 6.23 Å². The van der Waals surface area contributed by atoms with Crippen molar-refractivity contribution in [3.63, 3.8) is 0 Å². The molecule has 5 nitrogen and oxygen atoms in total. The van der Waals surface area contributed by atoms with E-state index in [0.29, 0.717) is 5.69 Å². The molecule has 0 bridgehead atoms. The van der Waals surface area contributed by atoms with Crippen molar-refractivity contribution in [3.8, 4) is 0 Å². The molecule has 0 aromatic heterocycles. The van der Waals surface area contributed by atoms with Gasteiger partial charge in [0.25, 0.3) is 0 Å². The summed E-state index contributed by atoms with van der Waals surface area (Å²) in [5.41, 5.74) is 0.412. The first kappa shape index (κ1) is 12.2. The van der Waals surface area contributed by atoms with Gasteiger partial charge in [0, 0.05) is 7.05 Å². The van der Waals surface area contributed by atoms with Gasteiger partial charge in [-0.2, -0.15) is 0 Å². The van der Waals surface area contributed by atoms with Gasteiger partial charge in [0.05, 0.1) is 5.69 Å². The molecule has 0 heterocycles. The number of imide groups is 1. The number of carbonyl (C=O) groups excluding carboxylic acids is 2. The zero-order valence-corrected chi connectivity index (χ0v) is 9.12. The number of hydrogen-bond acceptors (Lipinski definition) is 3. The molecular weight excluding hydrogens is 208 g/mol. The molecule has 5 heteroatoms. The SMILES string of the molecule is CC(O)N(C)C(=O)N([C]=O)c1ccccc1. The summed E-state index contributed by atoms with van der Waals surface area (Å²) in [5.74, 6) is 0. The highest BCUT2D eigenvalue weighted by atomic mass is 16.3. The van der Waals surface area contributed by atoms with E-state index in [1.54, 1.807) is 30.3 Å². The Bertz CT molecular complexity index is 365. The van der Waals surface area contributed by atoms with Gasteiger partial charge in [-0.3, -0.25) is 4.79 Å². The number of para-hydroxylation sites is 1. The second-order valence-electron chi connectivity index (χ2n) is 3.29. The number of urea groups is 1. The van der Waals surface area contributed by atoms with Crippen LogP contribution in [0.3, 0.4) is 0 Å². The first-order chi connectivity index (χ1) is 7.57. The normalized spacial score (nSPS) is 11.7. The van der Waals surface area contributed by atoms with Crippen LogP contribution in [-0.4, -0.2) is 35.7 Å².